The van der Waals surface area contributed by atoms with E-state index in [0.717, 1.165) is 37.1 Å². The summed E-state index contributed by atoms with van der Waals surface area (Å²) in [6, 6.07) is 10.9. The van der Waals surface area contributed by atoms with Crippen LogP contribution in [-0.2, 0) is 12.8 Å². The maximum absolute atomic E-state index is 10.9. The second-order valence-electron chi connectivity index (χ2n) is 6.36. The van der Waals surface area contributed by atoms with Crippen molar-refractivity contribution in [2.45, 2.75) is 32.7 Å². The molecule has 1 atom stereocenters. The van der Waals surface area contributed by atoms with E-state index in [1.165, 1.54) is 16.7 Å². The molecule has 0 radical (unpaired) electrons. The Kier molecular flexibility index (Phi) is 3.53. The third-order valence-corrected chi connectivity index (χ3v) is 5.24. The molecule has 1 aliphatic heterocycles. The van der Waals surface area contributed by atoms with Gasteiger partial charge < -0.3 is 9.84 Å². The lowest BCUT2D eigenvalue weighted by atomic mass is 9.76. The highest BCUT2D eigenvalue weighted by Gasteiger charge is 2.36. The van der Waals surface area contributed by atoms with Crippen molar-refractivity contribution in [1.29, 1.82) is 0 Å². The Morgan fingerprint density at radius 1 is 1.22 bits per heavy atom. The number of hydrogen-bond acceptors (Lipinski definition) is 3. The lowest BCUT2D eigenvalue weighted by Crippen LogP contribution is -2.38. The molecule has 120 valence electrons. The Balaban J connectivity index is 2.00. The van der Waals surface area contributed by atoms with Crippen LogP contribution in [0.1, 0.15) is 36.6 Å². The van der Waals surface area contributed by atoms with Gasteiger partial charge in [-0.25, -0.2) is 0 Å². The number of fused-ring (bicyclic) bond motifs is 2. The molecule has 0 unspecified atom stereocenters. The summed E-state index contributed by atoms with van der Waals surface area (Å²) in [5.41, 5.74) is 6.14. The molecule has 2 aromatic rings. The zero-order chi connectivity index (χ0) is 16.0. The van der Waals surface area contributed by atoms with Gasteiger partial charge in [0.25, 0.3) is 0 Å². The minimum Gasteiger partial charge on any atom is -0.504 e. The number of phenols is 1. The first kappa shape index (κ1) is 14.6. The fourth-order valence-corrected chi connectivity index (χ4v) is 4.20. The maximum Gasteiger partial charge on any atom is 0.166 e. The average Bonchev–Trinajstić information content (AvgIpc) is 2.58. The van der Waals surface area contributed by atoms with Crippen molar-refractivity contribution in [2.24, 2.45) is 0 Å². The Hall–Kier alpha value is -2.00. The summed E-state index contributed by atoms with van der Waals surface area (Å²) in [5, 5.41) is 10.9. The number of benzene rings is 2. The van der Waals surface area contributed by atoms with Crippen LogP contribution in [0.3, 0.4) is 0 Å². The molecule has 0 saturated carbocycles. The van der Waals surface area contributed by atoms with Crippen molar-refractivity contribution < 1.29 is 9.84 Å². The molecular weight excluding hydrogens is 286 g/mol. The van der Waals surface area contributed by atoms with Gasteiger partial charge >= 0.3 is 0 Å². The first-order valence-electron chi connectivity index (χ1n) is 8.58. The van der Waals surface area contributed by atoms with Gasteiger partial charge in [-0.3, -0.25) is 4.90 Å². The lowest BCUT2D eigenvalue weighted by molar-refractivity contribution is 0.191. The smallest absolute Gasteiger partial charge is 0.166 e. The first-order valence-corrected chi connectivity index (χ1v) is 8.58. The van der Waals surface area contributed by atoms with E-state index >= 15 is 0 Å². The molecule has 3 heteroatoms. The van der Waals surface area contributed by atoms with Crippen molar-refractivity contribution in [3.05, 3.63) is 47.0 Å². The Morgan fingerprint density at radius 2 is 2.04 bits per heavy atom. The summed E-state index contributed by atoms with van der Waals surface area (Å²) in [6.07, 6.45) is 2.05. The maximum atomic E-state index is 10.9. The summed E-state index contributed by atoms with van der Waals surface area (Å²) in [4.78, 5) is 2.53. The minimum atomic E-state index is 0.306. The molecule has 2 aromatic carbocycles. The quantitative estimate of drug-likeness (QED) is 0.932. The Bertz CT molecular complexity index is 754. The fraction of sp³-hybridized carbons (Fsp3) is 0.400. The molecule has 1 heterocycles. The summed E-state index contributed by atoms with van der Waals surface area (Å²) in [7, 11) is 0. The number of likely N-dealkylation sites (N-methyl/N-ethyl adjacent to an activating group) is 1. The topological polar surface area (TPSA) is 32.7 Å². The molecule has 0 saturated heterocycles. The lowest BCUT2D eigenvalue weighted by Gasteiger charge is -2.41. The third kappa shape index (κ3) is 2.14. The summed E-state index contributed by atoms with van der Waals surface area (Å²) < 4.78 is 5.71. The van der Waals surface area contributed by atoms with Gasteiger partial charge in [0.05, 0.1) is 6.61 Å². The molecule has 0 spiro atoms. The second-order valence-corrected chi connectivity index (χ2v) is 6.36. The van der Waals surface area contributed by atoms with Gasteiger partial charge in [0, 0.05) is 18.2 Å². The molecule has 23 heavy (non-hydrogen) atoms. The van der Waals surface area contributed by atoms with Gasteiger partial charge in [-0.1, -0.05) is 31.2 Å². The minimum absolute atomic E-state index is 0.306. The van der Waals surface area contributed by atoms with E-state index in [9.17, 15) is 5.11 Å². The van der Waals surface area contributed by atoms with E-state index in [1.54, 1.807) is 0 Å². The molecule has 0 bridgehead atoms. The third-order valence-electron chi connectivity index (χ3n) is 5.24. The van der Waals surface area contributed by atoms with Crippen LogP contribution in [0.5, 0.6) is 11.5 Å². The van der Waals surface area contributed by atoms with Gasteiger partial charge in [0.1, 0.15) is 0 Å². The highest BCUT2D eigenvalue weighted by molar-refractivity contribution is 5.83. The highest BCUT2D eigenvalue weighted by Crippen LogP contribution is 2.51. The molecular formula is C20H23NO2. The molecule has 1 aliphatic carbocycles. The van der Waals surface area contributed by atoms with Crippen LogP contribution in [-0.4, -0.2) is 29.7 Å². The van der Waals surface area contributed by atoms with Crippen molar-refractivity contribution in [1.82, 2.24) is 4.90 Å². The van der Waals surface area contributed by atoms with Crippen LogP contribution in [0, 0.1) is 0 Å². The zero-order valence-corrected chi connectivity index (χ0v) is 13.8. The van der Waals surface area contributed by atoms with Crippen LogP contribution in [0.25, 0.3) is 11.1 Å². The van der Waals surface area contributed by atoms with E-state index in [-0.39, 0.29) is 0 Å². The van der Waals surface area contributed by atoms with E-state index in [1.807, 2.05) is 6.92 Å². The number of rotatable bonds is 3. The predicted molar refractivity (Wildman–Crippen MR) is 92.1 cm³/mol. The summed E-state index contributed by atoms with van der Waals surface area (Å²) in [5.74, 6) is 0.933. The SMILES string of the molecule is CCOc1cc2c3c(c1O)-c1ccccc1C[C@H]3N(CC)CC2. The molecule has 3 nitrogen and oxygen atoms in total. The van der Waals surface area contributed by atoms with Crippen LogP contribution in [0.15, 0.2) is 30.3 Å². The van der Waals surface area contributed by atoms with Crippen molar-refractivity contribution in [3.8, 4) is 22.6 Å². The molecule has 0 aromatic heterocycles. The van der Waals surface area contributed by atoms with Gasteiger partial charge in [-0.15, -0.1) is 0 Å². The Labute approximate surface area is 137 Å². The van der Waals surface area contributed by atoms with Crippen molar-refractivity contribution in [3.63, 3.8) is 0 Å². The number of phenolic OH excluding ortho intramolecular Hbond substituents is 1. The van der Waals surface area contributed by atoms with Crippen LogP contribution < -0.4 is 4.74 Å². The normalized spacial score (nSPS) is 19.1. The molecule has 4 rings (SSSR count). The van der Waals surface area contributed by atoms with Gasteiger partial charge in [-0.05, 0) is 54.6 Å². The summed E-state index contributed by atoms with van der Waals surface area (Å²) in [6.45, 7) is 6.86. The van der Waals surface area contributed by atoms with Crippen molar-refractivity contribution in [2.75, 3.05) is 19.7 Å². The van der Waals surface area contributed by atoms with Crippen LogP contribution in [0.4, 0.5) is 0 Å². The predicted octanol–water partition coefficient (Wildman–Crippen LogP) is 3.93. The van der Waals surface area contributed by atoms with Gasteiger partial charge in [0.2, 0.25) is 0 Å². The Morgan fingerprint density at radius 3 is 2.83 bits per heavy atom. The van der Waals surface area contributed by atoms with E-state index in [2.05, 4.69) is 42.2 Å². The number of ether oxygens (including phenoxy) is 1. The largest absolute Gasteiger partial charge is 0.504 e. The van der Waals surface area contributed by atoms with Crippen LogP contribution in [0.2, 0.25) is 0 Å². The summed E-state index contributed by atoms with van der Waals surface area (Å²) >= 11 is 0. The highest BCUT2D eigenvalue weighted by atomic mass is 16.5. The zero-order valence-electron chi connectivity index (χ0n) is 13.8. The molecule has 2 aliphatic rings. The standard InChI is InChI=1S/C20H23NO2/c1-3-21-10-9-14-12-17(23-4-2)20(22)19-15-8-6-5-7-13(15)11-16(21)18(14)19/h5-8,12,16,22H,3-4,9-11H2,1-2H3/t16-/m1/s1. The monoisotopic (exact) mass is 309 g/mol. The fourth-order valence-electron chi connectivity index (χ4n) is 4.20. The molecule has 1 N–H and O–H groups in total. The van der Waals surface area contributed by atoms with E-state index < -0.39 is 0 Å². The molecule has 0 amide bonds. The number of aromatic hydroxyl groups is 1. The average molecular weight is 309 g/mol. The molecule has 0 fully saturated rings. The van der Waals surface area contributed by atoms with Crippen LogP contribution >= 0.6 is 0 Å². The van der Waals surface area contributed by atoms with E-state index in [4.69, 9.17) is 4.74 Å². The van der Waals surface area contributed by atoms with Gasteiger partial charge in [0.15, 0.2) is 11.5 Å². The van der Waals surface area contributed by atoms with Crippen molar-refractivity contribution >= 4 is 0 Å². The number of hydrogen-bond donors (Lipinski definition) is 1. The second kappa shape index (κ2) is 5.57. The van der Waals surface area contributed by atoms with E-state index in [0.29, 0.717) is 24.1 Å². The van der Waals surface area contributed by atoms with Gasteiger partial charge in [-0.2, -0.15) is 0 Å². The first-order chi connectivity index (χ1) is 11.2. The number of nitrogens with zero attached hydrogens (tertiary/aromatic N) is 1.